The Hall–Kier alpha value is -0.640. The van der Waals surface area contributed by atoms with E-state index in [1.165, 1.54) is 4.88 Å². The van der Waals surface area contributed by atoms with Gasteiger partial charge in [-0.25, -0.2) is 0 Å². The molecule has 17 heavy (non-hydrogen) atoms. The number of hydrogen-bond acceptors (Lipinski definition) is 2. The van der Waals surface area contributed by atoms with Crippen LogP contribution in [0.4, 0.5) is 0 Å². The Kier molecular flexibility index (Phi) is 4.02. The highest BCUT2D eigenvalue weighted by atomic mass is 79.9. The summed E-state index contributed by atoms with van der Waals surface area (Å²) in [6, 6.07) is 9.10. The van der Waals surface area contributed by atoms with E-state index in [9.17, 15) is 4.79 Å². The van der Waals surface area contributed by atoms with Crippen molar-refractivity contribution in [1.29, 1.82) is 0 Å². The highest BCUT2D eigenvalue weighted by Gasteiger charge is 2.14. The van der Waals surface area contributed by atoms with E-state index >= 15 is 0 Å². The van der Waals surface area contributed by atoms with Crippen LogP contribution in [0.3, 0.4) is 0 Å². The van der Waals surface area contributed by atoms with Gasteiger partial charge in [0.2, 0.25) is 5.78 Å². The van der Waals surface area contributed by atoms with Crippen LogP contribution < -0.4 is 0 Å². The van der Waals surface area contributed by atoms with Gasteiger partial charge in [0.15, 0.2) is 0 Å². The molecule has 0 bridgehead atoms. The van der Waals surface area contributed by atoms with Crippen molar-refractivity contribution >= 4 is 44.7 Å². The predicted octanol–water partition coefficient (Wildman–Crippen LogP) is 4.96. The Morgan fingerprint density at radius 2 is 2.12 bits per heavy atom. The summed E-state index contributed by atoms with van der Waals surface area (Å²) in [6.45, 7) is 2.08. The minimum atomic E-state index is 0.0400. The van der Waals surface area contributed by atoms with Crippen molar-refractivity contribution in [3.05, 3.63) is 55.1 Å². The molecule has 0 radical (unpaired) electrons. The molecule has 0 unspecified atom stereocenters. The lowest BCUT2D eigenvalue weighted by atomic mass is 10.1. The fourth-order valence-corrected chi connectivity index (χ4v) is 3.26. The molecule has 0 spiro atoms. The van der Waals surface area contributed by atoms with Gasteiger partial charge in [-0.3, -0.25) is 4.79 Å². The van der Waals surface area contributed by atoms with Gasteiger partial charge in [-0.05, 0) is 52.7 Å². The molecule has 0 atom stereocenters. The minimum absolute atomic E-state index is 0.0400. The van der Waals surface area contributed by atoms with E-state index in [1.807, 2.05) is 12.1 Å². The van der Waals surface area contributed by atoms with Crippen molar-refractivity contribution in [2.45, 2.75) is 13.3 Å². The van der Waals surface area contributed by atoms with Gasteiger partial charge in [0, 0.05) is 19.9 Å². The maximum absolute atomic E-state index is 12.2. The van der Waals surface area contributed by atoms with Gasteiger partial charge in [0.1, 0.15) is 0 Å². The number of benzene rings is 1. The third kappa shape index (κ3) is 2.79. The van der Waals surface area contributed by atoms with Crippen LogP contribution in [0.5, 0.6) is 0 Å². The van der Waals surface area contributed by atoms with Crippen molar-refractivity contribution < 1.29 is 4.79 Å². The number of rotatable bonds is 3. The highest BCUT2D eigenvalue weighted by Crippen LogP contribution is 2.26. The molecule has 0 N–H and O–H groups in total. The van der Waals surface area contributed by atoms with Gasteiger partial charge in [0.05, 0.1) is 4.88 Å². The van der Waals surface area contributed by atoms with Gasteiger partial charge in [-0.2, -0.15) is 0 Å². The van der Waals surface area contributed by atoms with Crippen molar-refractivity contribution in [1.82, 2.24) is 0 Å². The van der Waals surface area contributed by atoms with Crippen molar-refractivity contribution in [3.63, 3.8) is 0 Å². The Labute approximate surface area is 118 Å². The molecule has 0 fully saturated rings. The van der Waals surface area contributed by atoms with E-state index in [4.69, 9.17) is 11.6 Å². The van der Waals surface area contributed by atoms with Crippen LogP contribution >= 0.6 is 38.9 Å². The zero-order chi connectivity index (χ0) is 12.4. The van der Waals surface area contributed by atoms with Crippen molar-refractivity contribution in [3.8, 4) is 0 Å². The summed E-state index contributed by atoms with van der Waals surface area (Å²) in [6.07, 6.45) is 0.958. The van der Waals surface area contributed by atoms with Crippen LogP contribution in [-0.2, 0) is 6.42 Å². The Morgan fingerprint density at radius 3 is 2.71 bits per heavy atom. The quantitative estimate of drug-likeness (QED) is 0.728. The summed E-state index contributed by atoms with van der Waals surface area (Å²) in [5.41, 5.74) is 0.652. The Balaban J connectivity index is 2.36. The topological polar surface area (TPSA) is 17.1 Å². The number of thiophene rings is 1. The van der Waals surface area contributed by atoms with Gasteiger partial charge in [-0.15, -0.1) is 11.3 Å². The van der Waals surface area contributed by atoms with Crippen LogP contribution in [0.2, 0.25) is 5.02 Å². The third-order valence-corrected chi connectivity index (χ3v) is 4.53. The second kappa shape index (κ2) is 5.34. The average molecular weight is 330 g/mol. The van der Waals surface area contributed by atoms with E-state index < -0.39 is 0 Å². The molecule has 88 valence electrons. The number of hydrogen-bond donors (Lipinski definition) is 0. The van der Waals surface area contributed by atoms with Crippen LogP contribution in [0.25, 0.3) is 0 Å². The summed E-state index contributed by atoms with van der Waals surface area (Å²) in [4.78, 5) is 14.2. The maximum atomic E-state index is 12.2. The van der Waals surface area contributed by atoms with Crippen molar-refractivity contribution in [2.75, 3.05) is 0 Å². The number of halogens is 2. The molecule has 0 amide bonds. The minimum Gasteiger partial charge on any atom is -0.288 e. The lowest BCUT2D eigenvalue weighted by Gasteiger charge is -2.02. The first-order chi connectivity index (χ1) is 8.11. The standard InChI is InChI=1S/C13H10BrClOS/c1-2-9-4-6-12(17-9)13(16)10-5-3-8(15)7-11(10)14/h3-7H,2H2,1H3. The summed E-state index contributed by atoms with van der Waals surface area (Å²) < 4.78 is 0.737. The zero-order valence-electron chi connectivity index (χ0n) is 9.17. The summed E-state index contributed by atoms with van der Waals surface area (Å²) in [7, 11) is 0. The summed E-state index contributed by atoms with van der Waals surface area (Å²) in [5.74, 6) is 0.0400. The first-order valence-corrected chi connectivity index (χ1v) is 7.19. The molecular formula is C13H10BrClOS. The summed E-state index contributed by atoms with van der Waals surface area (Å²) in [5, 5.41) is 0.619. The monoisotopic (exact) mass is 328 g/mol. The van der Waals surface area contributed by atoms with Crippen LogP contribution in [0.15, 0.2) is 34.8 Å². The van der Waals surface area contributed by atoms with Crippen LogP contribution in [0, 0.1) is 0 Å². The smallest absolute Gasteiger partial charge is 0.204 e. The molecule has 1 aromatic heterocycles. The van der Waals surface area contributed by atoms with E-state index in [2.05, 4.69) is 22.9 Å². The lowest BCUT2D eigenvalue weighted by Crippen LogP contribution is -1.99. The van der Waals surface area contributed by atoms with Crippen molar-refractivity contribution in [2.24, 2.45) is 0 Å². The average Bonchev–Trinajstić information content (AvgIpc) is 2.76. The van der Waals surface area contributed by atoms with E-state index in [0.717, 1.165) is 15.8 Å². The molecule has 0 saturated carbocycles. The van der Waals surface area contributed by atoms with Crippen LogP contribution in [-0.4, -0.2) is 5.78 Å². The van der Waals surface area contributed by atoms with E-state index in [0.29, 0.717) is 10.6 Å². The lowest BCUT2D eigenvalue weighted by molar-refractivity contribution is 0.104. The Morgan fingerprint density at radius 1 is 1.35 bits per heavy atom. The van der Waals surface area contributed by atoms with Crippen LogP contribution in [0.1, 0.15) is 27.0 Å². The van der Waals surface area contributed by atoms with Gasteiger partial charge in [0.25, 0.3) is 0 Å². The number of carbonyl (C=O) groups excluding carboxylic acids is 1. The molecule has 0 saturated heterocycles. The SMILES string of the molecule is CCc1ccc(C(=O)c2ccc(Cl)cc2Br)s1. The second-order valence-electron chi connectivity index (χ2n) is 3.57. The Bertz CT molecular complexity index is 562. The normalized spacial score (nSPS) is 10.5. The molecule has 2 aromatic rings. The molecule has 0 aliphatic heterocycles. The highest BCUT2D eigenvalue weighted by molar-refractivity contribution is 9.10. The molecule has 0 aliphatic carbocycles. The largest absolute Gasteiger partial charge is 0.288 e. The first-order valence-electron chi connectivity index (χ1n) is 5.20. The van der Waals surface area contributed by atoms with E-state index in [-0.39, 0.29) is 5.78 Å². The number of ketones is 1. The molecule has 1 heterocycles. The van der Waals surface area contributed by atoms with Gasteiger partial charge >= 0.3 is 0 Å². The maximum Gasteiger partial charge on any atom is 0.204 e. The zero-order valence-corrected chi connectivity index (χ0v) is 12.3. The van der Waals surface area contributed by atoms with Gasteiger partial charge in [-0.1, -0.05) is 18.5 Å². The van der Waals surface area contributed by atoms with E-state index in [1.54, 1.807) is 29.5 Å². The fraction of sp³-hybridized carbons (Fsp3) is 0.154. The third-order valence-electron chi connectivity index (χ3n) is 2.41. The first kappa shape index (κ1) is 12.8. The fourth-order valence-electron chi connectivity index (χ4n) is 1.50. The predicted molar refractivity (Wildman–Crippen MR) is 76.3 cm³/mol. The molecule has 4 heteroatoms. The molecule has 2 rings (SSSR count). The summed E-state index contributed by atoms with van der Waals surface area (Å²) >= 11 is 10.8. The van der Waals surface area contributed by atoms with Gasteiger partial charge < -0.3 is 0 Å². The molecule has 1 nitrogen and oxygen atoms in total. The number of carbonyl (C=O) groups is 1. The molecule has 1 aromatic carbocycles. The second-order valence-corrected chi connectivity index (χ2v) is 6.03. The molecule has 0 aliphatic rings. The number of aryl methyl sites for hydroxylation is 1. The molecular weight excluding hydrogens is 320 g/mol.